The number of carbonyl (C=O) groups excluding carboxylic acids is 1. The summed E-state index contributed by atoms with van der Waals surface area (Å²) in [6.45, 7) is 1.52. The summed E-state index contributed by atoms with van der Waals surface area (Å²) in [4.78, 5) is 34.0. The van der Waals surface area contributed by atoms with Crippen LogP contribution >= 0.6 is 11.3 Å². The molecule has 0 fully saturated rings. The Hall–Kier alpha value is -3.93. The molecule has 0 radical (unpaired) electrons. The quantitative estimate of drug-likeness (QED) is 0.316. The van der Waals surface area contributed by atoms with Gasteiger partial charge >= 0.3 is 12.3 Å². The van der Waals surface area contributed by atoms with E-state index in [1.165, 1.54) is 42.2 Å². The summed E-state index contributed by atoms with van der Waals surface area (Å²) in [6, 6.07) is 12.4. The first-order chi connectivity index (χ1) is 16.1. The Balaban J connectivity index is 1.79. The Morgan fingerprint density at radius 3 is 2.68 bits per heavy atom. The van der Waals surface area contributed by atoms with E-state index >= 15 is 0 Å². The highest BCUT2D eigenvalue weighted by atomic mass is 32.1. The highest BCUT2D eigenvalue weighted by molar-refractivity contribution is 7.20. The van der Waals surface area contributed by atoms with Crippen LogP contribution in [0.3, 0.4) is 0 Å². The maximum absolute atomic E-state index is 13.3. The fourth-order valence-corrected chi connectivity index (χ4v) is 4.22. The molecule has 2 aromatic carbocycles. The molecule has 4 aromatic rings. The highest BCUT2D eigenvalue weighted by Gasteiger charge is 2.31. The Morgan fingerprint density at radius 1 is 1.21 bits per heavy atom. The van der Waals surface area contributed by atoms with Gasteiger partial charge in [-0.05, 0) is 31.2 Å². The van der Waals surface area contributed by atoms with Crippen molar-refractivity contribution in [2.24, 2.45) is 4.99 Å². The van der Waals surface area contributed by atoms with Crippen molar-refractivity contribution in [3.63, 3.8) is 0 Å². The van der Waals surface area contributed by atoms with Crippen LogP contribution in [0.4, 0.5) is 18.9 Å². The number of H-pyrrole nitrogens is 1. The first-order valence-electron chi connectivity index (χ1n) is 9.83. The Labute approximate surface area is 194 Å². The van der Waals surface area contributed by atoms with Gasteiger partial charge in [0.05, 0.1) is 46.4 Å². The van der Waals surface area contributed by atoms with Crippen molar-refractivity contribution in [3.8, 4) is 10.9 Å². The molecule has 2 aromatic heterocycles. The van der Waals surface area contributed by atoms with Crippen molar-refractivity contribution >= 4 is 38.9 Å². The number of halogens is 3. The van der Waals surface area contributed by atoms with E-state index < -0.39 is 23.6 Å². The lowest BCUT2D eigenvalue weighted by molar-refractivity contribution is -0.274. The number of alkyl halides is 3. The third-order valence-corrected chi connectivity index (χ3v) is 5.72. The second-order valence-corrected chi connectivity index (χ2v) is 8.07. The van der Waals surface area contributed by atoms with E-state index in [9.17, 15) is 22.8 Å². The third-order valence-electron chi connectivity index (χ3n) is 4.70. The molecule has 4 rings (SSSR count). The topological polar surface area (TPSA) is 98.6 Å². The van der Waals surface area contributed by atoms with Gasteiger partial charge in [0.2, 0.25) is 5.13 Å². The van der Waals surface area contributed by atoms with Gasteiger partial charge in [0, 0.05) is 6.07 Å². The molecule has 8 nitrogen and oxygen atoms in total. The van der Waals surface area contributed by atoms with Crippen LogP contribution in [0, 0.1) is 0 Å². The van der Waals surface area contributed by atoms with Gasteiger partial charge < -0.3 is 9.47 Å². The minimum Gasteiger partial charge on any atom is -0.469 e. The lowest BCUT2D eigenvalue weighted by atomic mass is 10.1. The van der Waals surface area contributed by atoms with E-state index in [1.54, 1.807) is 0 Å². The van der Waals surface area contributed by atoms with Crippen LogP contribution < -0.4 is 10.3 Å². The highest BCUT2D eigenvalue weighted by Crippen LogP contribution is 2.27. The molecule has 12 heteroatoms. The third kappa shape index (κ3) is 5.01. The average molecular weight is 490 g/mol. The lowest BCUT2D eigenvalue weighted by Gasteiger charge is -2.09. The van der Waals surface area contributed by atoms with Crippen LogP contribution in [-0.4, -0.2) is 39.9 Å². The first-order valence-corrected chi connectivity index (χ1v) is 10.6. The number of benzene rings is 2. The molecule has 0 saturated carbocycles. The van der Waals surface area contributed by atoms with Gasteiger partial charge in [-0.15, -0.1) is 13.2 Å². The van der Waals surface area contributed by atoms with Gasteiger partial charge in [0.1, 0.15) is 5.75 Å². The van der Waals surface area contributed by atoms with Crippen molar-refractivity contribution in [3.05, 3.63) is 70.1 Å². The molecule has 34 heavy (non-hydrogen) atoms. The number of aromatic nitrogens is 3. The Bertz CT molecular complexity index is 1420. The SMILES string of the molecule is COC(=O)Cc1[nH]n(-c2nc3ccccc3s2)c(=O)c1C(C)=Nc1cccc(OC(F)(F)F)c1. The number of ether oxygens (including phenoxy) is 2. The lowest BCUT2D eigenvalue weighted by Crippen LogP contribution is -2.20. The zero-order chi connectivity index (χ0) is 24.5. The normalized spacial score (nSPS) is 12.2. The molecule has 0 aliphatic carbocycles. The maximum Gasteiger partial charge on any atom is 0.573 e. The van der Waals surface area contributed by atoms with E-state index in [2.05, 4.69) is 19.8 Å². The second kappa shape index (κ2) is 9.14. The van der Waals surface area contributed by atoms with Crippen molar-refractivity contribution in [2.45, 2.75) is 19.7 Å². The summed E-state index contributed by atoms with van der Waals surface area (Å²) in [6.07, 6.45) is -5.10. The molecule has 0 saturated heterocycles. The molecule has 0 aliphatic rings. The zero-order valence-corrected chi connectivity index (χ0v) is 18.7. The molecular weight excluding hydrogens is 473 g/mol. The molecule has 0 bridgehead atoms. The molecule has 176 valence electrons. The van der Waals surface area contributed by atoms with Crippen LogP contribution in [0.5, 0.6) is 5.75 Å². The van der Waals surface area contributed by atoms with Crippen LogP contribution in [0.15, 0.2) is 58.3 Å². The molecule has 0 unspecified atom stereocenters. The van der Waals surface area contributed by atoms with Gasteiger partial charge in [0.25, 0.3) is 5.56 Å². The Kier molecular flexibility index (Phi) is 6.24. The fraction of sp³-hybridized carbons (Fsp3) is 0.182. The number of carbonyl (C=O) groups is 1. The summed E-state index contributed by atoms with van der Waals surface area (Å²) < 4.78 is 48.4. The number of aromatic amines is 1. The standard InChI is InChI=1S/C22H17F3N4O4S/c1-12(26-13-6-5-7-14(10-13)33-22(23,24)25)19-16(11-18(30)32-2)28-29(20(19)31)21-27-15-8-3-4-9-17(15)34-21/h3-10,28H,11H2,1-2H3. The second-order valence-electron chi connectivity index (χ2n) is 7.07. The number of methoxy groups -OCH3 is 1. The molecule has 0 aliphatic heterocycles. The van der Waals surface area contributed by atoms with Gasteiger partial charge in [-0.2, -0.15) is 4.68 Å². The fourth-order valence-electron chi connectivity index (χ4n) is 3.29. The molecule has 1 N–H and O–H groups in total. The molecular formula is C22H17F3N4O4S. The number of hydrogen-bond donors (Lipinski definition) is 1. The van der Waals surface area contributed by atoms with Crippen LogP contribution in [0.25, 0.3) is 15.3 Å². The predicted molar refractivity (Wildman–Crippen MR) is 120 cm³/mol. The average Bonchev–Trinajstić information content (AvgIpc) is 3.33. The monoisotopic (exact) mass is 490 g/mol. The van der Waals surface area contributed by atoms with Gasteiger partial charge in [-0.3, -0.25) is 19.7 Å². The largest absolute Gasteiger partial charge is 0.573 e. The smallest absolute Gasteiger partial charge is 0.469 e. The van der Waals surface area contributed by atoms with Gasteiger partial charge in [-0.1, -0.05) is 29.5 Å². The molecule has 2 heterocycles. The van der Waals surface area contributed by atoms with Gasteiger partial charge in [0.15, 0.2) is 0 Å². The van der Waals surface area contributed by atoms with E-state index in [1.807, 2.05) is 24.3 Å². The summed E-state index contributed by atoms with van der Waals surface area (Å²) in [7, 11) is 1.22. The number of rotatable bonds is 6. The number of esters is 1. The van der Waals surface area contributed by atoms with E-state index in [0.29, 0.717) is 10.6 Å². The van der Waals surface area contributed by atoms with Crippen LogP contribution in [-0.2, 0) is 16.0 Å². The summed E-state index contributed by atoms with van der Waals surface area (Å²) in [5.74, 6) is -1.04. The van der Waals surface area contributed by atoms with Crippen LogP contribution in [0.1, 0.15) is 18.2 Å². The number of hydrogen-bond acceptors (Lipinski definition) is 7. The minimum absolute atomic E-state index is 0.0896. The minimum atomic E-state index is -4.85. The number of nitrogens with zero attached hydrogens (tertiary/aromatic N) is 3. The van der Waals surface area contributed by atoms with E-state index in [0.717, 1.165) is 16.8 Å². The van der Waals surface area contributed by atoms with Crippen molar-refractivity contribution < 1.29 is 27.4 Å². The van der Waals surface area contributed by atoms with Gasteiger partial charge in [-0.25, -0.2) is 4.98 Å². The van der Waals surface area contributed by atoms with Crippen molar-refractivity contribution in [2.75, 3.05) is 7.11 Å². The summed E-state index contributed by atoms with van der Waals surface area (Å²) >= 11 is 1.28. The van der Waals surface area contributed by atoms with Crippen molar-refractivity contribution in [1.82, 2.24) is 14.8 Å². The van der Waals surface area contributed by atoms with Crippen molar-refractivity contribution in [1.29, 1.82) is 0 Å². The molecule has 0 atom stereocenters. The number of thiazole rings is 1. The number of para-hydroxylation sites is 1. The molecule has 0 amide bonds. The number of nitrogens with one attached hydrogen (secondary N) is 1. The summed E-state index contributed by atoms with van der Waals surface area (Å²) in [5, 5.41) is 3.26. The van der Waals surface area contributed by atoms with E-state index in [4.69, 9.17) is 4.74 Å². The van der Waals surface area contributed by atoms with E-state index in [-0.39, 0.29) is 29.1 Å². The predicted octanol–water partition coefficient (Wildman–Crippen LogP) is 4.53. The van der Waals surface area contributed by atoms with Crippen LogP contribution in [0.2, 0.25) is 0 Å². The molecule has 0 spiro atoms. The summed E-state index contributed by atoms with van der Waals surface area (Å²) in [5.41, 5.74) is 0.834. The number of fused-ring (bicyclic) bond motifs is 1. The first kappa shape index (κ1) is 23.2. The maximum atomic E-state index is 13.3. The number of aliphatic imine (C=N–C) groups is 1. The zero-order valence-electron chi connectivity index (χ0n) is 17.8. The Morgan fingerprint density at radius 2 is 1.97 bits per heavy atom.